The third kappa shape index (κ3) is 2.25. The summed E-state index contributed by atoms with van der Waals surface area (Å²) in [4.78, 5) is 0. The molecule has 0 aromatic heterocycles. The summed E-state index contributed by atoms with van der Waals surface area (Å²) in [5, 5.41) is 0. The van der Waals surface area contributed by atoms with E-state index in [9.17, 15) is 0 Å². The van der Waals surface area contributed by atoms with Gasteiger partial charge in [0.1, 0.15) is 0 Å². The van der Waals surface area contributed by atoms with Gasteiger partial charge in [0.05, 0.1) is 0 Å². The van der Waals surface area contributed by atoms with Crippen LogP contribution in [0.15, 0.2) is 0 Å². The summed E-state index contributed by atoms with van der Waals surface area (Å²) in [6.45, 7) is 15.2. The Labute approximate surface area is 115 Å². The van der Waals surface area contributed by atoms with E-state index < -0.39 is 0 Å². The van der Waals surface area contributed by atoms with E-state index in [1.54, 1.807) is 0 Å². The van der Waals surface area contributed by atoms with Crippen LogP contribution in [0.4, 0.5) is 0 Å². The van der Waals surface area contributed by atoms with Gasteiger partial charge >= 0.3 is 0 Å². The van der Waals surface area contributed by atoms with Crippen LogP contribution in [-0.4, -0.2) is 0 Å². The largest absolute Gasteiger partial charge is 0.0649 e. The first-order valence-electron chi connectivity index (χ1n) is 8.23. The van der Waals surface area contributed by atoms with Gasteiger partial charge in [0, 0.05) is 0 Å². The van der Waals surface area contributed by atoms with Crippen LogP contribution in [0.25, 0.3) is 0 Å². The molecule has 2 saturated carbocycles. The summed E-state index contributed by atoms with van der Waals surface area (Å²) in [5.41, 5.74) is 1.68. The van der Waals surface area contributed by atoms with E-state index >= 15 is 0 Å². The maximum absolute atomic E-state index is 2.63. The lowest BCUT2D eigenvalue weighted by atomic mass is 9.46. The van der Waals surface area contributed by atoms with Crippen molar-refractivity contribution in [1.29, 1.82) is 0 Å². The molecule has 0 radical (unpaired) electrons. The predicted molar refractivity (Wildman–Crippen MR) is 80.6 cm³/mol. The Kier molecular flexibility index (Phi) is 3.63. The predicted octanol–water partition coefficient (Wildman–Crippen LogP) is 6.06. The molecule has 0 nitrogen and oxygen atoms in total. The highest BCUT2D eigenvalue weighted by molar-refractivity contribution is 5.03. The van der Waals surface area contributed by atoms with Crippen LogP contribution in [0.5, 0.6) is 0 Å². The molecule has 0 bridgehead atoms. The fraction of sp³-hybridized carbons (Fsp3) is 1.00. The summed E-state index contributed by atoms with van der Waals surface area (Å²) in [6.07, 6.45) is 10.2. The van der Waals surface area contributed by atoms with Gasteiger partial charge in [-0.25, -0.2) is 0 Å². The topological polar surface area (TPSA) is 0 Å². The van der Waals surface area contributed by atoms with Gasteiger partial charge in [-0.2, -0.15) is 0 Å². The molecule has 0 aromatic carbocycles. The molecule has 0 heteroatoms. The minimum atomic E-state index is 0.514. The van der Waals surface area contributed by atoms with Crippen LogP contribution in [0.2, 0.25) is 0 Å². The van der Waals surface area contributed by atoms with E-state index in [0.29, 0.717) is 16.2 Å². The lowest BCUT2D eigenvalue weighted by Gasteiger charge is -2.59. The van der Waals surface area contributed by atoms with E-state index in [-0.39, 0.29) is 0 Å². The molecule has 2 aliphatic carbocycles. The Bertz CT molecular complexity index is 294. The molecule has 0 saturated heterocycles. The van der Waals surface area contributed by atoms with Crippen molar-refractivity contribution in [3.8, 4) is 0 Å². The molecule has 0 N–H and O–H groups in total. The summed E-state index contributed by atoms with van der Waals surface area (Å²) < 4.78 is 0. The van der Waals surface area contributed by atoms with Gasteiger partial charge in [0.25, 0.3) is 0 Å². The molecule has 2 rings (SSSR count). The molecule has 2 aliphatic rings. The van der Waals surface area contributed by atoms with Crippen LogP contribution < -0.4 is 0 Å². The molecular formula is C18H34. The first kappa shape index (κ1) is 14.4. The molecule has 0 amide bonds. The minimum Gasteiger partial charge on any atom is -0.0649 e. The molecule has 0 heterocycles. The Balaban J connectivity index is 2.31. The Morgan fingerprint density at radius 3 is 2.00 bits per heavy atom. The Hall–Kier alpha value is 0. The van der Waals surface area contributed by atoms with Crippen molar-refractivity contribution in [1.82, 2.24) is 0 Å². The highest BCUT2D eigenvalue weighted by Gasteiger charge is 2.54. The first-order chi connectivity index (χ1) is 8.23. The molecule has 0 aromatic rings. The van der Waals surface area contributed by atoms with E-state index in [2.05, 4.69) is 41.5 Å². The van der Waals surface area contributed by atoms with Gasteiger partial charge in [0.2, 0.25) is 0 Å². The average molecular weight is 250 g/mol. The summed E-state index contributed by atoms with van der Waals surface area (Å²) >= 11 is 0. The van der Waals surface area contributed by atoms with Gasteiger partial charge < -0.3 is 0 Å². The first-order valence-corrected chi connectivity index (χ1v) is 8.23. The zero-order valence-electron chi connectivity index (χ0n) is 13.6. The van der Waals surface area contributed by atoms with E-state index in [1.807, 2.05) is 0 Å². The second-order valence-electron chi connectivity index (χ2n) is 8.72. The van der Waals surface area contributed by atoms with Crippen molar-refractivity contribution in [2.75, 3.05) is 0 Å². The number of hydrogen-bond donors (Lipinski definition) is 0. The van der Waals surface area contributed by atoms with Crippen molar-refractivity contribution in [2.24, 2.45) is 28.1 Å². The standard InChI is InChI=1S/C18H34/c1-7-17(5)12-16(3,4)14(2)18(6,13-17)15-10-8-9-11-15/h14-15H,7-13H2,1-6H3. The van der Waals surface area contributed by atoms with Crippen molar-refractivity contribution < 1.29 is 0 Å². The van der Waals surface area contributed by atoms with Gasteiger partial charge in [-0.15, -0.1) is 0 Å². The Morgan fingerprint density at radius 1 is 0.944 bits per heavy atom. The summed E-state index contributed by atoms with van der Waals surface area (Å²) in [7, 11) is 0. The van der Waals surface area contributed by atoms with Gasteiger partial charge in [-0.05, 0) is 53.8 Å². The maximum atomic E-state index is 2.63. The third-order valence-electron chi connectivity index (χ3n) is 6.99. The summed E-state index contributed by atoms with van der Waals surface area (Å²) in [5.74, 6) is 1.87. The minimum absolute atomic E-state index is 0.514. The zero-order valence-corrected chi connectivity index (χ0v) is 13.6. The highest BCUT2D eigenvalue weighted by atomic mass is 14.6. The normalized spacial score (nSPS) is 45.3. The number of rotatable bonds is 2. The van der Waals surface area contributed by atoms with Crippen LogP contribution in [-0.2, 0) is 0 Å². The van der Waals surface area contributed by atoms with Crippen LogP contribution >= 0.6 is 0 Å². The van der Waals surface area contributed by atoms with Crippen LogP contribution in [0, 0.1) is 28.1 Å². The molecule has 106 valence electrons. The fourth-order valence-corrected chi connectivity index (χ4v) is 5.61. The maximum Gasteiger partial charge on any atom is -0.0262 e. The van der Waals surface area contributed by atoms with Crippen molar-refractivity contribution >= 4 is 0 Å². The van der Waals surface area contributed by atoms with Crippen LogP contribution in [0.1, 0.15) is 86.5 Å². The van der Waals surface area contributed by atoms with Crippen molar-refractivity contribution in [2.45, 2.75) is 86.5 Å². The smallest absolute Gasteiger partial charge is 0.0262 e. The lowest BCUT2D eigenvalue weighted by molar-refractivity contribution is -0.0927. The monoisotopic (exact) mass is 250 g/mol. The molecule has 0 spiro atoms. The molecule has 18 heavy (non-hydrogen) atoms. The van der Waals surface area contributed by atoms with Crippen molar-refractivity contribution in [3.05, 3.63) is 0 Å². The van der Waals surface area contributed by atoms with E-state index in [0.717, 1.165) is 11.8 Å². The van der Waals surface area contributed by atoms with Crippen molar-refractivity contribution in [3.63, 3.8) is 0 Å². The average Bonchev–Trinajstić information content (AvgIpc) is 2.79. The van der Waals surface area contributed by atoms with E-state index in [4.69, 9.17) is 0 Å². The molecular weight excluding hydrogens is 216 g/mol. The summed E-state index contributed by atoms with van der Waals surface area (Å²) in [6, 6.07) is 0. The fourth-order valence-electron chi connectivity index (χ4n) is 5.61. The highest BCUT2D eigenvalue weighted by Crippen LogP contribution is 2.63. The van der Waals surface area contributed by atoms with Gasteiger partial charge in [-0.1, -0.05) is 60.8 Å². The molecule has 0 aliphatic heterocycles. The lowest BCUT2D eigenvalue weighted by Crippen LogP contribution is -2.50. The molecule has 3 atom stereocenters. The SMILES string of the molecule is CCC1(C)CC(C)(C)C(C)C(C)(C2CCCC2)C1. The Morgan fingerprint density at radius 2 is 1.50 bits per heavy atom. The second kappa shape index (κ2) is 4.53. The second-order valence-corrected chi connectivity index (χ2v) is 8.72. The van der Waals surface area contributed by atoms with Crippen LogP contribution in [0.3, 0.4) is 0 Å². The number of hydrogen-bond acceptors (Lipinski definition) is 0. The van der Waals surface area contributed by atoms with E-state index in [1.165, 1.54) is 44.9 Å². The van der Waals surface area contributed by atoms with Gasteiger partial charge in [-0.3, -0.25) is 0 Å². The molecule has 2 fully saturated rings. The van der Waals surface area contributed by atoms with Gasteiger partial charge in [0.15, 0.2) is 0 Å². The zero-order chi connectivity index (χ0) is 13.6. The molecule has 3 unspecified atom stereocenters. The third-order valence-corrected chi connectivity index (χ3v) is 6.99. The quantitative estimate of drug-likeness (QED) is 0.559.